The molecule has 0 spiro atoms. The molecule has 0 aromatic carbocycles. The molecule has 0 aliphatic carbocycles. The van der Waals surface area contributed by atoms with E-state index in [9.17, 15) is 4.79 Å². The van der Waals surface area contributed by atoms with E-state index in [4.69, 9.17) is 16.3 Å². The largest absolute Gasteiger partial charge is 0.423 e. The maximum absolute atomic E-state index is 11.2. The van der Waals surface area contributed by atoms with Crippen LogP contribution in [0, 0.1) is 6.92 Å². The van der Waals surface area contributed by atoms with Crippen molar-refractivity contribution in [3.8, 4) is 11.6 Å². The van der Waals surface area contributed by atoms with Gasteiger partial charge in [-0.05, 0) is 18.5 Å². The smallest absolute Gasteiger partial charge is 0.311 e. The van der Waals surface area contributed by atoms with Gasteiger partial charge in [-0.15, -0.1) is 0 Å². The van der Waals surface area contributed by atoms with Gasteiger partial charge in [-0.2, -0.15) is 10.1 Å². The number of carbonyl (C=O) groups is 1. The lowest BCUT2D eigenvalue weighted by Crippen LogP contribution is -2.07. The first-order chi connectivity index (χ1) is 8.61. The number of hydrogen-bond donors (Lipinski definition) is 0. The molecule has 0 amide bonds. The lowest BCUT2D eigenvalue weighted by Gasteiger charge is -2.04. The number of aromatic nitrogens is 4. The number of rotatable bonds is 3. The number of hydrogen-bond acceptors (Lipinski definition) is 5. The first-order valence-corrected chi connectivity index (χ1v) is 5.74. The fourth-order valence-electron chi connectivity index (χ4n) is 1.36. The average Bonchev–Trinajstić information content (AvgIpc) is 2.71. The van der Waals surface area contributed by atoms with Crippen LogP contribution in [0.25, 0.3) is 5.82 Å². The van der Waals surface area contributed by atoms with Gasteiger partial charge in [0.05, 0.1) is 11.9 Å². The van der Waals surface area contributed by atoms with Gasteiger partial charge in [0.15, 0.2) is 11.6 Å². The highest BCUT2D eigenvalue weighted by Crippen LogP contribution is 2.20. The van der Waals surface area contributed by atoms with E-state index < -0.39 is 0 Å². The molecule has 0 unspecified atom stereocenters. The van der Waals surface area contributed by atoms with E-state index in [1.54, 1.807) is 19.9 Å². The average molecular weight is 267 g/mol. The van der Waals surface area contributed by atoms with Crippen molar-refractivity contribution in [3.63, 3.8) is 0 Å². The van der Waals surface area contributed by atoms with Crippen molar-refractivity contribution in [2.45, 2.75) is 20.3 Å². The van der Waals surface area contributed by atoms with E-state index in [-0.39, 0.29) is 11.3 Å². The van der Waals surface area contributed by atoms with Gasteiger partial charge >= 0.3 is 5.97 Å². The Balaban J connectivity index is 2.33. The molecule has 0 N–H and O–H groups in total. The minimum atomic E-state index is -0.307. The quantitative estimate of drug-likeness (QED) is 0.627. The molecule has 2 aromatic rings. The van der Waals surface area contributed by atoms with Crippen LogP contribution in [0.2, 0.25) is 5.28 Å². The fourth-order valence-corrected chi connectivity index (χ4v) is 1.51. The highest BCUT2D eigenvalue weighted by atomic mass is 35.5. The Labute approximate surface area is 109 Å². The third-order valence-corrected chi connectivity index (χ3v) is 2.49. The molecule has 2 heterocycles. The molecular weight excluding hydrogens is 256 g/mol. The Bertz CT molecular complexity index is 582. The second kappa shape index (κ2) is 5.14. The lowest BCUT2D eigenvalue weighted by atomic mass is 10.4. The number of nitrogens with zero attached hydrogens (tertiary/aromatic N) is 4. The van der Waals surface area contributed by atoms with Crippen LogP contribution in [-0.2, 0) is 4.79 Å². The first-order valence-electron chi connectivity index (χ1n) is 5.36. The molecule has 0 saturated carbocycles. The summed E-state index contributed by atoms with van der Waals surface area (Å²) in [5, 5.41) is 4.24. The normalized spacial score (nSPS) is 10.4. The topological polar surface area (TPSA) is 69.9 Å². The Kier molecular flexibility index (Phi) is 3.57. The fraction of sp³-hybridized carbons (Fsp3) is 0.273. The van der Waals surface area contributed by atoms with Crippen LogP contribution < -0.4 is 4.74 Å². The summed E-state index contributed by atoms with van der Waals surface area (Å²) in [4.78, 5) is 19.0. The highest BCUT2D eigenvalue weighted by Gasteiger charge is 2.13. The van der Waals surface area contributed by atoms with E-state index in [1.807, 2.05) is 0 Å². The molecule has 0 radical (unpaired) electrons. The van der Waals surface area contributed by atoms with Crippen LogP contribution in [0.4, 0.5) is 0 Å². The number of halogens is 1. The second-order valence-electron chi connectivity index (χ2n) is 3.52. The summed E-state index contributed by atoms with van der Waals surface area (Å²) in [5.41, 5.74) is 0.673. The van der Waals surface area contributed by atoms with Gasteiger partial charge in [0.2, 0.25) is 5.28 Å². The molecule has 0 fully saturated rings. The molecule has 0 bridgehead atoms. The van der Waals surface area contributed by atoms with Crippen LogP contribution >= 0.6 is 11.6 Å². The first kappa shape index (κ1) is 12.5. The maximum Gasteiger partial charge on any atom is 0.311 e. The maximum atomic E-state index is 11.2. The van der Waals surface area contributed by atoms with E-state index in [0.717, 1.165) is 0 Å². The zero-order valence-corrected chi connectivity index (χ0v) is 10.7. The summed E-state index contributed by atoms with van der Waals surface area (Å²) in [6.07, 6.45) is 3.31. The molecular formula is C11H11ClN4O2. The molecule has 0 atom stereocenters. The molecule has 94 valence electrons. The molecule has 2 aromatic heterocycles. The lowest BCUT2D eigenvalue weighted by molar-refractivity contribution is -0.134. The zero-order valence-electron chi connectivity index (χ0n) is 9.92. The highest BCUT2D eigenvalue weighted by molar-refractivity contribution is 6.28. The summed E-state index contributed by atoms with van der Waals surface area (Å²) in [6, 6.07) is 1.66. The van der Waals surface area contributed by atoms with Gasteiger partial charge in [-0.25, -0.2) is 9.67 Å². The van der Waals surface area contributed by atoms with E-state index in [0.29, 0.717) is 23.7 Å². The molecule has 6 nitrogen and oxygen atoms in total. The van der Waals surface area contributed by atoms with Gasteiger partial charge < -0.3 is 4.74 Å². The number of esters is 1. The Morgan fingerprint density at radius 2 is 2.33 bits per heavy atom. The van der Waals surface area contributed by atoms with Gasteiger partial charge in [0.25, 0.3) is 0 Å². The summed E-state index contributed by atoms with van der Waals surface area (Å²) in [5.74, 6) is 0.626. The Morgan fingerprint density at radius 3 is 3.00 bits per heavy atom. The zero-order chi connectivity index (χ0) is 13.1. The van der Waals surface area contributed by atoms with Crippen LogP contribution in [0.3, 0.4) is 0 Å². The van der Waals surface area contributed by atoms with Crippen LogP contribution in [-0.4, -0.2) is 25.7 Å². The number of carbonyl (C=O) groups excluding carboxylic acids is 1. The van der Waals surface area contributed by atoms with E-state index >= 15 is 0 Å². The molecule has 0 saturated heterocycles. The van der Waals surface area contributed by atoms with Gasteiger partial charge in [-0.3, -0.25) is 4.79 Å². The van der Waals surface area contributed by atoms with Gasteiger partial charge in [0, 0.05) is 18.7 Å². The molecule has 2 rings (SSSR count). The second-order valence-corrected chi connectivity index (χ2v) is 3.86. The monoisotopic (exact) mass is 266 g/mol. The van der Waals surface area contributed by atoms with Crippen molar-refractivity contribution < 1.29 is 9.53 Å². The van der Waals surface area contributed by atoms with Crippen molar-refractivity contribution in [2.75, 3.05) is 0 Å². The van der Waals surface area contributed by atoms with Crippen LogP contribution in [0.1, 0.15) is 19.0 Å². The summed E-state index contributed by atoms with van der Waals surface area (Å²) in [7, 11) is 0. The minimum Gasteiger partial charge on any atom is -0.423 e. The Hall–Kier alpha value is -1.95. The van der Waals surface area contributed by atoms with Crippen molar-refractivity contribution >= 4 is 17.6 Å². The van der Waals surface area contributed by atoms with Gasteiger partial charge in [0.1, 0.15) is 0 Å². The van der Waals surface area contributed by atoms with Crippen LogP contribution in [0.15, 0.2) is 18.5 Å². The summed E-state index contributed by atoms with van der Waals surface area (Å²) >= 11 is 5.71. The SMILES string of the molecule is CCC(=O)Oc1cnn(-c2ccnc(Cl)n2)c1C. The molecule has 0 aliphatic heterocycles. The third-order valence-electron chi connectivity index (χ3n) is 2.31. The Morgan fingerprint density at radius 1 is 1.56 bits per heavy atom. The van der Waals surface area contributed by atoms with Crippen molar-refractivity contribution in [2.24, 2.45) is 0 Å². The number of ether oxygens (including phenoxy) is 1. The summed E-state index contributed by atoms with van der Waals surface area (Å²) in [6.45, 7) is 3.51. The third kappa shape index (κ3) is 2.48. The standard InChI is InChI=1S/C11H11ClN4O2/c1-3-10(17)18-8-6-14-16(7(8)2)9-4-5-13-11(12)15-9/h4-6H,3H2,1-2H3. The molecule has 18 heavy (non-hydrogen) atoms. The minimum absolute atomic E-state index is 0.134. The summed E-state index contributed by atoms with van der Waals surface area (Å²) < 4.78 is 6.66. The molecule has 0 aliphatic rings. The van der Waals surface area contributed by atoms with Crippen molar-refractivity contribution in [1.82, 2.24) is 19.7 Å². The predicted octanol–water partition coefficient (Wildman–Crippen LogP) is 1.94. The molecule has 7 heteroatoms. The van der Waals surface area contributed by atoms with E-state index in [2.05, 4.69) is 15.1 Å². The van der Waals surface area contributed by atoms with Crippen LogP contribution in [0.5, 0.6) is 5.75 Å². The van der Waals surface area contributed by atoms with E-state index in [1.165, 1.54) is 17.1 Å². The van der Waals surface area contributed by atoms with Crippen molar-refractivity contribution in [1.29, 1.82) is 0 Å². The van der Waals surface area contributed by atoms with Gasteiger partial charge in [-0.1, -0.05) is 6.92 Å². The van der Waals surface area contributed by atoms with Crippen molar-refractivity contribution in [3.05, 3.63) is 29.4 Å². The predicted molar refractivity (Wildman–Crippen MR) is 64.8 cm³/mol.